The smallest absolute Gasteiger partial charge is 0.287 e. The number of nitrogens with zero attached hydrogens (tertiary/aromatic N) is 1. The first kappa shape index (κ1) is 17.6. The summed E-state index contributed by atoms with van der Waals surface area (Å²) < 4.78 is 5.04. The maximum atomic E-state index is 11.7. The molecule has 0 atom stereocenters. The lowest BCUT2D eigenvalue weighted by Gasteiger charge is -2.12. The molecule has 0 aliphatic rings. The van der Waals surface area contributed by atoms with Crippen molar-refractivity contribution in [2.45, 2.75) is 20.4 Å². The third-order valence-electron chi connectivity index (χ3n) is 3.46. The number of furan rings is 1. The summed E-state index contributed by atoms with van der Waals surface area (Å²) in [4.78, 5) is 16.3. The maximum absolute atomic E-state index is 11.7. The second-order valence-corrected chi connectivity index (χ2v) is 5.28. The number of nitrogens with one attached hydrogen (secondary N) is 3. The number of benzene rings is 1. The lowest BCUT2D eigenvalue weighted by atomic mass is 10.1. The van der Waals surface area contributed by atoms with E-state index in [0.717, 1.165) is 12.5 Å². The first-order valence-corrected chi connectivity index (χ1v) is 8.09. The molecule has 6 heteroatoms. The Kier molecular flexibility index (Phi) is 6.89. The number of carbonyl (C=O) groups is 1. The summed E-state index contributed by atoms with van der Waals surface area (Å²) in [6, 6.07) is 11.5. The fraction of sp³-hybridized carbons (Fsp3) is 0.333. The quantitative estimate of drug-likeness (QED) is 0.413. The SMILES string of the molecule is CCNC(=NCc1ccccc1C)NCCNC(=O)c1ccco1. The van der Waals surface area contributed by atoms with Gasteiger partial charge in [0, 0.05) is 19.6 Å². The average molecular weight is 328 g/mol. The van der Waals surface area contributed by atoms with Gasteiger partial charge >= 0.3 is 0 Å². The number of rotatable bonds is 7. The van der Waals surface area contributed by atoms with Crippen LogP contribution in [0.25, 0.3) is 0 Å². The van der Waals surface area contributed by atoms with Crippen molar-refractivity contribution in [3.8, 4) is 0 Å². The zero-order valence-corrected chi connectivity index (χ0v) is 14.1. The van der Waals surface area contributed by atoms with Crippen LogP contribution in [0.15, 0.2) is 52.1 Å². The summed E-state index contributed by atoms with van der Waals surface area (Å²) in [5.41, 5.74) is 2.42. The number of hydrogen-bond donors (Lipinski definition) is 3. The second-order valence-electron chi connectivity index (χ2n) is 5.28. The van der Waals surface area contributed by atoms with Crippen molar-refractivity contribution in [3.63, 3.8) is 0 Å². The minimum atomic E-state index is -0.219. The van der Waals surface area contributed by atoms with Crippen molar-refractivity contribution in [2.75, 3.05) is 19.6 Å². The average Bonchev–Trinajstić information content (AvgIpc) is 3.12. The molecule has 128 valence electrons. The van der Waals surface area contributed by atoms with Crippen molar-refractivity contribution in [1.29, 1.82) is 0 Å². The van der Waals surface area contributed by atoms with E-state index in [4.69, 9.17) is 4.42 Å². The van der Waals surface area contributed by atoms with Gasteiger partial charge in [-0.25, -0.2) is 4.99 Å². The molecule has 1 aromatic carbocycles. The molecule has 1 aromatic heterocycles. The summed E-state index contributed by atoms with van der Waals surface area (Å²) in [7, 11) is 0. The van der Waals surface area contributed by atoms with Gasteiger partial charge in [-0.3, -0.25) is 4.79 Å². The van der Waals surface area contributed by atoms with E-state index in [1.165, 1.54) is 17.4 Å². The van der Waals surface area contributed by atoms with Crippen molar-refractivity contribution in [3.05, 3.63) is 59.5 Å². The molecule has 0 bridgehead atoms. The molecule has 0 aliphatic heterocycles. The molecule has 0 saturated heterocycles. The van der Waals surface area contributed by atoms with E-state index in [1.54, 1.807) is 12.1 Å². The molecule has 0 unspecified atom stereocenters. The highest BCUT2D eigenvalue weighted by molar-refractivity contribution is 5.91. The van der Waals surface area contributed by atoms with Crippen molar-refractivity contribution in [1.82, 2.24) is 16.0 Å². The van der Waals surface area contributed by atoms with E-state index in [9.17, 15) is 4.79 Å². The van der Waals surface area contributed by atoms with Crippen molar-refractivity contribution >= 4 is 11.9 Å². The zero-order chi connectivity index (χ0) is 17.2. The first-order valence-electron chi connectivity index (χ1n) is 8.09. The predicted molar refractivity (Wildman–Crippen MR) is 95.0 cm³/mol. The van der Waals surface area contributed by atoms with Crippen LogP contribution in [-0.2, 0) is 6.54 Å². The highest BCUT2D eigenvalue weighted by Crippen LogP contribution is 2.07. The molecule has 0 fully saturated rings. The molecule has 3 N–H and O–H groups in total. The van der Waals surface area contributed by atoms with Crippen LogP contribution in [0, 0.1) is 6.92 Å². The Morgan fingerprint density at radius 3 is 2.58 bits per heavy atom. The Hall–Kier alpha value is -2.76. The van der Waals surface area contributed by atoms with Crippen LogP contribution >= 0.6 is 0 Å². The van der Waals surface area contributed by atoms with Crippen LogP contribution in [0.5, 0.6) is 0 Å². The van der Waals surface area contributed by atoms with Gasteiger partial charge in [-0.2, -0.15) is 0 Å². The van der Waals surface area contributed by atoms with Gasteiger partial charge in [0.05, 0.1) is 12.8 Å². The molecule has 2 rings (SSSR count). The third kappa shape index (κ3) is 5.46. The van der Waals surface area contributed by atoms with E-state index >= 15 is 0 Å². The van der Waals surface area contributed by atoms with E-state index in [1.807, 2.05) is 19.1 Å². The van der Waals surface area contributed by atoms with Crippen LogP contribution in [0.2, 0.25) is 0 Å². The maximum Gasteiger partial charge on any atom is 0.287 e. The van der Waals surface area contributed by atoms with E-state index in [2.05, 4.69) is 40.0 Å². The molecular formula is C18H24N4O2. The summed E-state index contributed by atoms with van der Waals surface area (Å²) in [5.74, 6) is 0.826. The van der Waals surface area contributed by atoms with Gasteiger partial charge in [0.25, 0.3) is 5.91 Å². The number of carbonyl (C=O) groups excluding carboxylic acids is 1. The Morgan fingerprint density at radius 1 is 1.08 bits per heavy atom. The van der Waals surface area contributed by atoms with Gasteiger partial charge < -0.3 is 20.4 Å². The number of aryl methyl sites for hydroxylation is 1. The Labute approximate surface area is 142 Å². The van der Waals surface area contributed by atoms with Gasteiger partial charge in [0.2, 0.25) is 0 Å². The number of amides is 1. The Morgan fingerprint density at radius 2 is 1.88 bits per heavy atom. The molecule has 0 spiro atoms. The summed E-state index contributed by atoms with van der Waals surface area (Å²) in [6.07, 6.45) is 1.48. The standard InChI is InChI=1S/C18H24N4O2/c1-3-19-18(22-13-15-8-5-4-7-14(15)2)21-11-10-20-17(23)16-9-6-12-24-16/h4-9,12H,3,10-11,13H2,1-2H3,(H,20,23)(H2,19,21,22). The molecule has 0 aliphatic carbocycles. The van der Waals surface area contributed by atoms with Gasteiger partial charge in [0.15, 0.2) is 11.7 Å². The lowest BCUT2D eigenvalue weighted by molar-refractivity contribution is 0.0926. The number of aliphatic imine (C=N–C) groups is 1. The highest BCUT2D eigenvalue weighted by atomic mass is 16.3. The predicted octanol–water partition coefficient (Wildman–Crippen LogP) is 2.07. The minimum absolute atomic E-state index is 0.219. The van der Waals surface area contributed by atoms with Gasteiger partial charge in [-0.05, 0) is 37.1 Å². The van der Waals surface area contributed by atoms with Gasteiger partial charge in [-0.15, -0.1) is 0 Å². The number of hydrogen-bond acceptors (Lipinski definition) is 3. The minimum Gasteiger partial charge on any atom is -0.459 e. The number of guanidine groups is 1. The molecule has 0 radical (unpaired) electrons. The summed E-state index contributed by atoms with van der Waals surface area (Å²) in [5, 5.41) is 9.19. The molecule has 2 aromatic rings. The van der Waals surface area contributed by atoms with Crippen LogP contribution in [-0.4, -0.2) is 31.5 Å². The fourth-order valence-electron chi connectivity index (χ4n) is 2.15. The van der Waals surface area contributed by atoms with Crippen LogP contribution < -0.4 is 16.0 Å². The second kappa shape index (κ2) is 9.39. The third-order valence-corrected chi connectivity index (χ3v) is 3.46. The molecule has 0 saturated carbocycles. The molecule has 1 heterocycles. The van der Waals surface area contributed by atoms with Crippen molar-refractivity contribution in [2.24, 2.45) is 4.99 Å². The van der Waals surface area contributed by atoms with Crippen LogP contribution in [0.1, 0.15) is 28.6 Å². The van der Waals surface area contributed by atoms with E-state index in [0.29, 0.717) is 25.4 Å². The monoisotopic (exact) mass is 328 g/mol. The van der Waals surface area contributed by atoms with Crippen LogP contribution in [0.3, 0.4) is 0 Å². The largest absolute Gasteiger partial charge is 0.459 e. The topological polar surface area (TPSA) is 78.7 Å². The Bertz CT molecular complexity index is 665. The van der Waals surface area contributed by atoms with E-state index < -0.39 is 0 Å². The normalized spacial score (nSPS) is 11.2. The van der Waals surface area contributed by atoms with Gasteiger partial charge in [-0.1, -0.05) is 24.3 Å². The zero-order valence-electron chi connectivity index (χ0n) is 14.1. The highest BCUT2D eigenvalue weighted by Gasteiger charge is 2.06. The summed E-state index contributed by atoms with van der Waals surface area (Å²) in [6.45, 7) is 6.54. The molecule has 6 nitrogen and oxygen atoms in total. The lowest BCUT2D eigenvalue weighted by Crippen LogP contribution is -2.41. The summed E-state index contributed by atoms with van der Waals surface area (Å²) >= 11 is 0. The molecular weight excluding hydrogens is 304 g/mol. The molecule has 24 heavy (non-hydrogen) atoms. The molecule has 1 amide bonds. The fourth-order valence-corrected chi connectivity index (χ4v) is 2.15. The van der Waals surface area contributed by atoms with E-state index in [-0.39, 0.29) is 5.91 Å². The van der Waals surface area contributed by atoms with Crippen LogP contribution in [0.4, 0.5) is 0 Å². The van der Waals surface area contributed by atoms with Crippen molar-refractivity contribution < 1.29 is 9.21 Å². The Balaban J connectivity index is 1.79. The first-order chi connectivity index (χ1) is 11.7. The van der Waals surface area contributed by atoms with Gasteiger partial charge in [0.1, 0.15) is 0 Å².